The Bertz CT molecular complexity index is 1040. The van der Waals surface area contributed by atoms with Crippen molar-refractivity contribution in [3.63, 3.8) is 0 Å². The molecule has 3 amide bonds. The van der Waals surface area contributed by atoms with E-state index < -0.39 is 23.8 Å². The van der Waals surface area contributed by atoms with Gasteiger partial charge in [-0.3, -0.25) is 19.6 Å². The third-order valence-electron chi connectivity index (χ3n) is 5.44. The summed E-state index contributed by atoms with van der Waals surface area (Å²) in [6.07, 6.45) is 0.401. The first-order valence-electron chi connectivity index (χ1n) is 10.5. The van der Waals surface area contributed by atoms with Crippen molar-refractivity contribution < 1.29 is 19.6 Å². The average Bonchev–Trinajstić information content (AvgIpc) is 3.03. The van der Waals surface area contributed by atoms with E-state index in [-0.39, 0.29) is 12.3 Å². The van der Waals surface area contributed by atoms with Gasteiger partial charge in [0.1, 0.15) is 6.04 Å². The molecule has 0 aromatic heterocycles. The molecular formula is C25H27N3O4. The molecule has 2 aliphatic carbocycles. The molecule has 32 heavy (non-hydrogen) atoms. The fourth-order valence-corrected chi connectivity index (χ4v) is 3.77. The van der Waals surface area contributed by atoms with Crippen LogP contribution in [0.5, 0.6) is 0 Å². The van der Waals surface area contributed by atoms with Gasteiger partial charge in [-0.2, -0.15) is 0 Å². The largest absolute Gasteiger partial charge is 0.357 e. The first kappa shape index (κ1) is 23.0. The van der Waals surface area contributed by atoms with Crippen LogP contribution < -0.4 is 16.1 Å². The summed E-state index contributed by atoms with van der Waals surface area (Å²) >= 11 is 0. The molecule has 0 heterocycles. The van der Waals surface area contributed by atoms with Gasteiger partial charge in [0, 0.05) is 19.9 Å². The van der Waals surface area contributed by atoms with E-state index in [1.807, 2.05) is 72.8 Å². The van der Waals surface area contributed by atoms with Crippen LogP contribution in [0.4, 0.5) is 0 Å². The summed E-state index contributed by atoms with van der Waals surface area (Å²) in [5.41, 5.74) is 5.44. The van der Waals surface area contributed by atoms with Gasteiger partial charge in [-0.05, 0) is 28.7 Å². The van der Waals surface area contributed by atoms with Crippen LogP contribution >= 0.6 is 0 Å². The first-order chi connectivity index (χ1) is 15.5. The third-order valence-corrected chi connectivity index (χ3v) is 5.44. The summed E-state index contributed by atoms with van der Waals surface area (Å²) in [6, 6.07) is 22.2. The van der Waals surface area contributed by atoms with Crippen molar-refractivity contribution >= 4 is 17.7 Å². The van der Waals surface area contributed by atoms with E-state index in [4.69, 9.17) is 5.21 Å². The van der Waals surface area contributed by atoms with Gasteiger partial charge in [0.25, 0.3) is 0 Å². The number of benzene rings is 1. The third kappa shape index (κ3) is 5.92. The fraction of sp³-hybridized carbons (Fsp3) is 0.240. The van der Waals surface area contributed by atoms with E-state index >= 15 is 0 Å². The monoisotopic (exact) mass is 433 g/mol. The van der Waals surface area contributed by atoms with E-state index in [1.54, 1.807) is 5.48 Å². The number of likely N-dealkylation sites (N-methyl/N-ethyl adjacent to an activating group) is 1. The molecular weight excluding hydrogens is 406 g/mol. The van der Waals surface area contributed by atoms with Gasteiger partial charge in [0.2, 0.25) is 17.7 Å². The standard InChI is InChI=1S/C25H27N3O4/c1-26-25(31)22(14-17-8-4-2-5-9-17)27-24(30)20(16-23(29)28-32)15-19-13-12-18-10-6-3-7-11-21(18)19/h2-13,20,22,32H,14-16H2,1H3,(H,26,31)(H,27,30)(H,28,29)/t20-,22+/m1/s1. The second kappa shape index (κ2) is 11.1. The highest BCUT2D eigenvalue weighted by atomic mass is 16.5. The molecule has 1 aromatic carbocycles. The van der Waals surface area contributed by atoms with Gasteiger partial charge in [0.05, 0.1) is 5.92 Å². The van der Waals surface area contributed by atoms with Crippen LogP contribution in [0.25, 0.3) is 11.1 Å². The van der Waals surface area contributed by atoms with Crippen molar-refractivity contribution in [2.45, 2.75) is 25.3 Å². The number of amides is 3. The fourth-order valence-electron chi connectivity index (χ4n) is 3.77. The van der Waals surface area contributed by atoms with Gasteiger partial charge >= 0.3 is 0 Å². The number of hydrogen-bond acceptors (Lipinski definition) is 4. The van der Waals surface area contributed by atoms with Crippen molar-refractivity contribution in [1.29, 1.82) is 0 Å². The van der Waals surface area contributed by atoms with E-state index in [2.05, 4.69) is 10.6 Å². The van der Waals surface area contributed by atoms with Gasteiger partial charge in [-0.25, -0.2) is 5.48 Å². The highest BCUT2D eigenvalue weighted by Gasteiger charge is 2.28. The molecule has 2 atom stereocenters. The summed E-state index contributed by atoms with van der Waals surface area (Å²) in [5.74, 6) is -2.17. The topological polar surface area (TPSA) is 108 Å². The number of hydrogen-bond donors (Lipinski definition) is 4. The van der Waals surface area contributed by atoms with Gasteiger partial charge in [-0.1, -0.05) is 72.8 Å². The Labute approximate surface area is 187 Å². The molecule has 166 valence electrons. The Balaban J connectivity index is 1.81. The quantitative estimate of drug-likeness (QED) is 0.307. The molecule has 7 nitrogen and oxygen atoms in total. The highest BCUT2D eigenvalue weighted by molar-refractivity contribution is 5.91. The number of carbonyl (C=O) groups excluding carboxylic acids is 3. The van der Waals surface area contributed by atoms with E-state index in [1.165, 1.54) is 7.05 Å². The summed E-state index contributed by atoms with van der Waals surface area (Å²) in [4.78, 5) is 37.5. The number of hydroxylamine groups is 1. The normalized spacial score (nSPS) is 12.6. The maximum Gasteiger partial charge on any atom is 0.244 e. The maximum atomic E-state index is 13.2. The molecule has 0 unspecified atom stereocenters. The molecule has 0 spiro atoms. The van der Waals surface area contributed by atoms with Crippen LogP contribution in [-0.4, -0.2) is 36.0 Å². The molecule has 4 N–H and O–H groups in total. The highest BCUT2D eigenvalue weighted by Crippen LogP contribution is 2.29. The number of rotatable bonds is 9. The molecule has 0 saturated heterocycles. The lowest BCUT2D eigenvalue weighted by atomic mass is 9.93. The Morgan fingerprint density at radius 3 is 2.22 bits per heavy atom. The molecule has 0 bridgehead atoms. The predicted octanol–water partition coefficient (Wildman–Crippen LogP) is 2.32. The smallest absolute Gasteiger partial charge is 0.244 e. The predicted molar refractivity (Wildman–Crippen MR) is 121 cm³/mol. The Morgan fingerprint density at radius 1 is 0.844 bits per heavy atom. The zero-order valence-electron chi connectivity index (χ0n) is 17.9. The summed E-state index contributed by atoms with van der Waals surface area (Å²) < 4.78 is 0. The first-order valence-corrected chi connectivity index (χ1v) is 10.5. The lowest BCUT2D eigenvalue weighted by Gasteiger charge is -2.22. The van der Waals surface area contributed by atoms with Crippen molar-refractivity contribution in [1.82, 2.24) is 16.1 Å². The maximum absolute atomic E-state index is 13.2. The van der Waals surface area contributed by atoms with Crippen LogP contribution in [0.2, 0.25) is 0 Å². The minimum absolute atomic E-state index is 0.209. The summed E-state index contributed by atoms with van der Waals surface area (Å²) in [7, 11) is 1.51. The Morgan fingerprint density at radius 2 is 1.53 bits per heavy atom. The van der Waals surface area contributed by atoms with Gasteiger partial charge in [-0.15, -0.1) is 0 Å². The molecule has 3 rings (SSSR count). The molecule has 0 saturated carbocycles. The van der Waals surface area contributed by atoms with Crippen LogP contribution in [0.1, 0.15) is 17.5 Å². The summed E-state index contributed by atoms with van der Waals surface area (Å²) in [6.45, 7) is 0. The lowest BCUT2D eigenvalue weighted by molar-refractivity contribution is -0.136. The molecule has 1 aromatic rings. The molecule has 0 fully saturated rings. The molecule has 7 heteroatoms. The zero-order valence-corrected chi connectivity index (χ0v) is 17.9. The zero-order chi connectivity index (χ0) is 22.9. The second-order valence-electron chi connectivity index (χ2n) is 7.64. The van der Waals surface area contributed by atoms with Crippen LogP contribution in [-0.2, 0) is 27.2 Å². The average molecular weight is 434 g/mol. The molecule has 2 aliphatic rings. The second-order valence-corrected chi connectivity index (χ2v) is 7.64. The van der Waals surface area contributed by atoms with E-state index in [0.717, 1.165) is 22.3 Å². The minimum Gasteiger partial charge on any atom is -0.357 e. The van der Waals surface area contributed by atoms with Crippen LogP contribution in [0.3, 0.4) is 0 Å². The lowest BCUT2D eigenvalue weighted by Crippen LogP contribution is -2.49. The number of carbonyl (C=O) groups is 3. The van der Waals surface area contributed by atoms with Crippen LogP contribution in [0, 0.1) is 5.92 Å². The number of nitrogens with one attached hydrogen (secondary N) is 3. The Hall–Kier alpha value is -3.71. The van der Waals surface area contributed by atoms with Crippen molar-refractivity contribution in [2.75, 3.05) is 7.05 Å². The van der Waals surface area contributed by atoms with E-state index in [0.29, 0.717) is 12.8 Å². The number of fused-ring (bicyclic) bond motifs is 1. The molecule has 0 radical (unpaired) electrons. The van der Waals surface area contributed by atoms with Crippen molar-refractivity contribution in [2.24, 2.45) is 5.92 Å². The minimum atomic E-state index is -0.788. The van der Waals surface area contributed by atoms with Crippen molar-refractivity contribution in [3.05, 3.63) is 83.9 Å². The van der Waals surface area contributed by atoms with Crippen molar-refractivity contribution in [3.8, 4) is 11.1 Å². The van der Waals surface area contributed by atoms with E-state index in [9.17, 15) is 14.4 Å². The summed E-state index contributed by atoms with van der Waals surface area (Å²) in [5, 5.41) is 14.4. The van der Waals surface area contributed by atoms with Gasteiger partial charge < -0.3 is 10.6 Å². The molecule has 0 aliphatic heterocycles. The van der Waals surface area contributed by atoms with Crippen LogP contribution in [0.15, 0.2) is 72.8 Å². The van der Waals surface area contributed by atoms with Gasteiger partial charge in [0.15, 0.2) is 0 Å². The SMILES string of the molecule is CNC(=O)[C@H](Cc1ccccc1)NC(=O)[C@@H](CC(=O)NO)Cc1ccc2cccccc1-2. The Kier molecular flexibility index (Phi) is 7.94.